The van der Waals surface area contributed by atoms with E-state index in [0.29, 0.717) is 42.2 Å². The summed E-state index contributed by atoms with van der Waals surface area (Å²) in [4.78, 5) is 40.5. The number of ether oxygens (including phenoxy) is 2. The van der Waals surface area contributed by atoms with Crippen LogP contribution in [0.3, 0.4) is 0 Å². The Morgan fingerprint density at radius 1 is 1.19 bits per heavy atom. The Morgan fingerprint density at radius 3 is 2.61 bits per heavy atom. The monoisotopic (exact) mass is 505 g/mol. The van der Waals surface area contributed by atoms with Crippen molar-refractivity contribution in [2.75, 3.05) is 42.6 Å². The van der Waals surface area contributed by atoms with E-state index in [9.17, 15) is 14.4 Å². The number of rotatable bonds is 5. The molecule has 1 aromatic carbocycles. The van der Waals surface area contributed by atoms with Crippen LogP contribution >= 0.6 is 28.1 Å². The van der Waals surface area contributed by atoms with Gasteiger partial charge in [0.2, 0.25) is 0 Å². The molecule has 0 aromatic heterocycles. The molecular formula is C21H20BrN3O5S. The molecule has 1 N–H and O–H groups in total. The van der Waals surface area contributed by atoms with Gasteiger partial charge in [-0.05, 0) is 30.3 Å². The van der Waals surface area contributed by atoms with Crippen LogP contribution in [0, 0.1) is 0 Å². The fraction of sp³-hybridized carbons (Fsp3) is 0.333. The van der Waals surface area contributed by atoms with Crippen LogP contribution in [0.2, 0.25) is 0 Å². The summed E-state index contributed by atoms with van der Waals surface area (Å²) in [6.45, 7) is 1.55. The van der Waals surface area contributed by atoms with Crippen molar-refractivity contribution < 1.29 is 23.9 Å². The Kier molecular flexibility index (Phi) is 6.49. The molecule has 3 amide bonds. The lowest BCUT2D eigenvalue weighted by molar-refractivity contribution is -0.125. The van der Waals surface area contributed by atoms with Crippen molar-refractivity contribution in [3.8, 4) is 0 Å². The van der Waals surface area contributed by atoms with Crippen LogP contribution in [0.1, 0.15) is 6.42 Å². The minimum absolute atomic E-state index is 0.0719. The van der Waals surface area contributed by atoms with Gasteiger partial charge in [-0.3, -0.25) is 14.5 Å². The number of halogens is 1. The van der Waals surface area contributed by atoms with Crippen LogP contribution in [0.4, 0.5) is 16.2 Å². The maximum Gasteiger partial charge on any atom is 0.414 e. The lowest BCUT2D eigenvalue weighted by Gasteiger charge is -2.27. The van der Waals surface area contributed by atoms with Crippen LogP contribution < -0.4 is 15.1 Å². The second kappa shape index (κ2) is 9.29. The molecule has 10 heteroatoms. The van der Waals surface area contributed by atoms with E-state index in [0.717, 1.165) is 10.2 Å². The van der Waals surface area contributed by atoms with E-state index in [4.69, 9.17) is 21.7 Å². The third-order valence-electron chi connectivity index (χ3n) is 5.13. The summed E-state index contributed by atoms with van der Waals surface area (Å²) in [5.74, 6) is -0.380. The van der Waals surface area contributed by atoms with Gasteiger partial charge in [0.25, 0.3) is 11.8 Å². The summed E-state index contributed by atoms with van der Waals surface area (Å²) < 4.78 is 11.4. The molecule has 4 rings (SSSR count). The first-order chi connectivity index (χ1) is 14.9. The van der Waals surface area contributed by atoms with E-state index in [2.05, 4.69) is 21.2 Å². The summed E-state index contributed by atoms with van der Waals surface area (Å²) >= 11 is 8.61. The number of carbonyl (C=O) groups is 3. The Bertz CT molecular complexity index is 991. The molecule has 1 aromatic rings. The predicted molar refractivity (Wildman–Crippen MR) is 123 cm³/mol. The van der Waals surface area contributed by atoms with E-state index in [1.54, 1.807) is 35.2 Å². The highest BCUT2D eigenvalue weighted by atomic mass is 79.9. The minimum atomic E-state index is -0.479. The predicted octanol–water partition coefficient (Wildman–Crippen LogP) is 2.47. The molecule has 2 saturated heterocycles. The van der Waals surface area contributed by atoms with Gasteiger partial charge >= 0.3 is 6.09 Å². The van der Waals surface area contributed by atoms with Crippen molar-refractivity contribution in [2.45, 2.75) is 12.5 Å². The molecule has 162 valence electrons. The fourth-order valence-electron chi connectivity index (χ4n) is 3.51. The van der Waals surface area contributed by atoms with E-state index < -0.39 is 12.2 Å². The largest absolute Gasteiger partial charge is 0.442 e. The number of anilines is 2. The summed E-state index contributed by atoms with van der Waals surface area (Å²) in [7, 11) is 0. The number of amides is 3. The normalized spacial score (nSPS) is 21.6. The molecule has 0 radical (unpaired) electrons. The Morgan fingerprint density at radius 2 is 1.90 bits per heavy atom. The van der Waals surface area contributed by atoms with E-state index in [-0.39, 0.29) is 25.0 Å². The Labute approximate surface area is 193 Å². The van der Waals surface area contributed by atoms with E-state index >= 15 is 0 Å². The quantitative estimate of drug-likeness (QED) is 0.618. The Hall–Kier alpha value is -2.56. The van der Waals surface area contributed by atoms with Gasteiger partial charge in [-0.2, -0.15) is 0 Å². The number of allylic oxidation sites excluding steroid dienone is 3. The average molecular weight is 506 g/mol. The summed E-state index contributed by atoms with van der Waals surface area (Å²) in [6, 6.07) is 7.14. The summed E-state index contributed by atoms with van der Waals surface area (Å²) in [5.41, 5.74) is 1.86. The van der Waals surface area contributed by atoms with Gasteiger partial charge in [-0.1, -0.05) is 34.2 Å². The van der Waals surface area contributed by atoms with Crippen molar-refractivity contribution in [1.29, 1.82) is 0 Å². The van der Waals surface area contributed by atoms with Gasteiger partial charge in [0.1, 0.15) is 12.7 Å². The molecule has 8 nitrogen and oxygen atoms in total. The standard InChI is InChI=1S/C21H20BrN3O5S/c22-13-1-6-18(31)17(9-13)20(27)23-10-16-11-25(21(28)30-16)15-4-2-14(3-5-15)24-7-8-29-12-19(24)26/h1-5,9,16H,6-8,10-12H2,(H,23,27)/t16-/m0/s1. The maximum absolute atomic E-state index is 12.4. The van der Waals surface area contributed by atoms with Crippen LogP contribution in [0.5, 0.6) is 0 Å². The second-order valence-corrected chi connectivity index (χ2v) is 8.62. The second-order valence-electron chi connectivity index (χ2n) is 7.22. The topological polar surface area (TPSA) is 88.2 Å². The molecule has 0 spiro atoms. The SMILES string of the molecule is O=C(NC[C@H]1CN(c2ccc(N3CCOCC3=O)cc2)C(=O)O1)C1=CC(Br)=CCC1=S. The molecule has 1 aliphatic carbocycles. The van der Waals surface area contributed by atoms with E-state index in [1.165, 1.54) is 4.90 Å². The van der Waals surface area contributed by atoms with Crippen LogP contribution in [0.25, 0.3) is 0 Å². The lowest BCUT2D eigenvalue weighted by atomic mass is 10.0. The average Bonchev–Trinajstić information content (AvgIpc) is 3.15. The minimum Gasteiger partial charge on any atom is -0.442 e. The van der Waals surface area contributed by atoms with Gasteiger partial charge in [-0.25, -0.2) is 4.79 Å². The summed E-state index contributed by atoms with van der Waals surface area (Å²) in [5, 5.41) is 2.79. The van der Waals surface area contributed by atoms with Crippen molar-refractivity contribution in [2.24, 2.45) is 0 Å². The molecule has 2 aliphatic heterocycles. The number of nitrogens with one attached hydrogen (secondary N) is 1. The van der Waals surface area contributed by atoms with Gasteiger partial charge < -0.3 is 19.7 Å². The van der Waals surface area contributed by atoms with Crippen LogP contribution in [-0.4, -0.2) is 61.7 Å². The van der Waals surface area contributed by atoms with E-state index in [1.807, 2.05) is 6.08 Å². The Balaban J connectivity index is 1.35. The molecule has 2 fully saturated rings. The number of nitrogens with zero attached hydrogens (tertiary/aromatic N) is 2. The zero-order chi connectivity index (χ0) is 22.0. The number of morpholine rings is 1. The number of thiocarbonyl (C=S) groups is 1. The molecule has 0 saturated carbocycles. The van der Waals surface area contributed by atoms with Gasteiger partial charge in [0.15, 0.2) is 0 Å². The molecule has 2 heterocycles. The molecule has 1 atom stereocenters. The zero-order valence-corrected chi connectivity index (χ0v) is 18.9. The lowest BCUT2D eigenvalue weighted by Crippen LogP contribution is -2.41. The zero-order valence-electron chi connectivity index (χ0n) is 16.5. The van der Waals surface area contributed by atoms with Crippen LogP contribution in [-0.2, 0) is 19.1 Å². The smallest absolute Gasteiger partial charge is 0.414 e. The highest BCUT2D eigenvalue weighted by Gasteiger charge is 2.33. The van der Waals surface area contributed by atoms with Crippen molar-refractivity contribution >= 4 is 62.3 Å². The first-order valence-corrected chi connectivity index (χ1v) is 11.0. The molecule has 3 aliphatic rings. The molecule has 0 unspecified atom stereocenters. The maximum atomic E-state index is 12.4. The fourth-order valence-corrected chi connectivity index (χ4v) is 4.14. The number of carbonyl (C=O) groups excluding carboxylic acids is 3. The third-order valence-corrected chi connectivity index (χ3v) is 6.07. The molecule has 0 bridgehead atoms. The highest BCUT2D eigenvalue weighted by Crippen LogP contribution is 2.26. The third kappa shape index (κ3) is 4.86. The van der Waals surface area contributed by atoms with Gasteiger partial charge in [0, 0.05) is 33.7 Å². The molecular weight excluding hydrogens is 486 g/mol. The van der Waals surface area contributed by atoms with Crippen molar-refractivity contribution in [3.63, 3.8) is 0 Å². The van der Waals surface area contributed by atoms with Crippen molar-refractivity contribution in [3.05, 3.63) is 46.5 Å². The number of hydrogen-bond acceptors (Lipinski definition) is 6. The van der Waals surface area contributed by atoms with Crippen molar-refractivity contribution in [1.82, 2.24) is 5.32 Å². The number of cyclic esters (lactones) is 1. The van der Waals surface area contributed by atoms with Crippen LogP contribution in [0.15, 0.2) is 46.5 Å². The first kappa shape index (κ1) is 21.7. The molecule has 31 heavy (non-hydrogen) atoms. The first-order valence-electron chi connectivity index (χ1n) is 9.77. The van der Waals surface area contributed by atoms with Gasteiger partial charge in [-0.15, -0.1) is 0 Å². The highest BCUT2D eigenvalue weighted by molar-refractivity contribution is 9.11. The van der Waals surface area contributed by atoms with Gasteiger partial charge in [0.05, 0.1) is 25.3 Å². The number of hydrogen-bond donors (Lipinski definition) is 1. The summed E-state index contributed by atoms with van der Waals surface area (Å²) in [6.07, 6.45) is 3.17. The number of benzene rings is 1.